The average Bonchev–Trinajstić information content (AvgIpc) is 2.58. The lowest BCUT2D eigenvalue weighted by atomic mass is 9.85. The summed E-state index contributed by atoms with van der Waals surface area (Å²) in [6.45, 7) is 0.733. The zero-order chi connectivity index (χ0) is 18.6. The quantitative estimate of drug-likeness (QED) is 0.242. The highest BCUT2D eigenvalue weighted by atomic mass is 32.2. The molecule has 0 bridgehead atoms. The van der Waals surface area contributed by atoms with Crippen LogP contribution in [0, 0.1) is 4.91 Å². The van der Waals surface area contributed by atoms with E-state index in [2.05, 4.69) is 22.7 Å². The van der Waals surface area contributed by atoms with E-state index in [1.807, 2.05) is 7.05 Å². The van der Waals surface area contributed by atoms with Crippen LogP contribution in [-0.4, -0.2) is 50.7 Å². The number of benzene rings is 1. The topological polar surface area (TPSA) is 102 Å². The van der Waals surface area contributed by atoms with Gasteiger partial charge in [-0.1, -0.05) is 23.4 Å². The number of piperidine rings is 1. The number of ether oxygens (including phenoxy) is 1. The third kappa shape index (κ3) is 5.50. The molecular weight excluding hydrogens is 366 g/mol. The Balaban J connectivity index is 1.85. The second kappa shape index (κ2) is 7.81. The number of nitroso groups, excluding NO2 is 1. The first kappa shape index (κ1) is 19.8. The van der Waals surface area contributed by atoms with Crippen molar-refractivity contribution in [2.24, 2.45) is 5.18 Å². The lowest BCUT2D eigenvalue weighted by molar-refractivity contribution is -0.778. The van der Waals surface area contributed by atoms with Crippen molar-refractivity contribution in [2.45, 2.75) is 29.7 Å². The lowest BCUT2D eigenvalue weighted by Gasteiger charge is -2.38. The Morgan fingerprint density at radius 2 is 1.92 bits per heavy atom. The predicted molar refractivity (Wildman–Crippen MR) is 95.0 cm³/mol. The molecule has 0 saturated carbocycles. The standard InChI is InChI=1S/C15H22N3O5S2/c1-18(24)9-7-15(17-20,8-10-18)11-14(19)23-12-16-25(21,22)13-5-3-2-4-6-13/h2-6,16,24H,7-12H2,1H3/q+1. The number of rotatable bonds is 7. The van der Waals surface area contributed by atoms with Gasteiger partial charge in [-0.05, 0) is 12.1 Å². The van der Waals surface area contributed by atoms with Crippen LogP contribution in [0.25, 0.3) is 0 Å². The van der Waals surface area contributed by atoms with E-state index in [9.17, 15) is 18.1 Å². The van der Waals surface area contributed by atoms with Crippen molar-refractivity contribution in [2.75, 3.05) is 26.9 Å². The molecule has 10 heteroatoms. The number of esters is 1. The van der Waals surface area contributed by atoms with Crippen molar-refractivity contribution >= 4 is 28.8 Å². The van der Waals surface area contributed by atoms with Crippen LogP contribution in [0.2, 0.25) is 0 Å². The Hall–Kier alpha value is -1.49. The van der Waals surface area contributed by atoms with Gasteiger partial charge in [0.25, 0.3) is 0 Å². The van der Waals surface area contributed by atoms with Crippen LogP contribution >= 0.6 is 12.8 Å². The third-order valence-corrected chi connectivity index (χ3v) is 6.11. The van der Waals surface area contributed by atoms with Crippen molar-refractivity contribution in [3.63, 3.8) is 0 Å². The molecule has 0 unspecified atom stereocenters. The summed E-state index contributed by atoms with van der Waals surface area (Å²) in [5.41, 5.74) is -1.00. The van der Waals surface area contributed by atoms with Crippen LogP contribution < -0.4 is 4.72 Å². The SMILES string of the molecule is C[N+]1(S)CCC(CC(=O)OCNS(=O)(=O)c2ccccc2)(N=O)CC1. The van der Waals surface area contributed by atoms with Crippen molar-refractivity contribution in [1.82, 2.24) is 4.72 Å². The number of sulfonamides is 1. The van der Waals surface area contributed by atoms with Gasteiger partial charge < -0.3 is 4.74 Å². The van der Waals surface area contributed by atoms with E-state index in [1.165, 1.54) is 12.1 Å². The van der Waals surface area contributed by atoms with Crippen molar-refractivity contribution in [3.05, 3.63) is 35.2 Å². The van der Waals surface area contributed by atoms with E-state index in [0.717, 1.165) is 0 Å². The van der Waals surface area contributed by atoms with Crippen molar-refractivity contribution in [1.29, 1.82) is 0 Å². The summed E-state index contributed by atoms with van der Waals surface area (Å²) in [6.07, 6.45) is 0.694. The molecule has 2 rings (SSSR count). The van der Waals surface area contributed by atoms with Gasteiger partial charge in [-0.2, -0.15) is 9.63 Å². The van der Waals surface area contributed by atoms with Gasteiger partial charge in [0.1, 0.15) is 5.54 Å². The molecule has 1 aromatic carbocycles. The number of nitrogens with one attached hydrogen (secondary N) is 1. The van der Waals surface area contributed by atoms with Crippen LogP contribution in [0.3, 0.4) is 0 Å². The number of quaternary nitrogens is 1. The first-order valence-electron chi connectivity index (χ1n) is 7.80. The number of hydrogen-bond acceptors (Lipinski definition) is 7. The zero-order valence-electron chi connectivity index (χ0n) is 13.9. The maximum atomic E-state index is 12.0. The van der Waals surface area contributed by atoms with E-state index in [-0.39, 0.29) is 11.3 Å². The highest BCUT2D eigenvalue weighted by molar-refractivity contribution is 7.89. The van der Waals surface area contributed by atoms with E-state index >= 15 is 0 Å². The summed E-state index contributed by atoms with van der Waals surface area (Å²) in [5.74, 6) is -0.661. The van der Waals surface area contributed by atoms with Gasteiger partial charge in [-0.25, -0.2) is 8.42 Å². The number of hydrogen-bond donors (Lipinski definition) is 2. The fourth-order valence-corrected chi connectivity index (χ4v) is 3.72. The molecule has 1 aliphatic heterocycles. The zero-order valence-corrected chi connectivity index (χ0v) is 15.6. The molecule has 0 spiro atoms. The largest absolute Gasteiger partial charge is 0.449 e. The lowest BCUT2D eigenvalue weighted by Crippen LogP contribution is -2.49. The fraction of sp³-hybridized carbons (Fsp3) is 0.533. The monoisotopic (exact) mass is 388 g/mol. The first-order chi connectivity index (χ1) is 11.7. The number of carbonyl (C=O) groups is 1. The highest BCUT2D eigenvalue weighted by Crippen LogP contribution is 2.33. The molecule has 1 saturated heterocycles. The molecule has 1 aliphatic rings. The van der Waals surface area contributed by atoms with Crippen LogP contribution in [0.4, 0.5) is 0 Å². The third-order valence-electron chi connectivity index (χ3n) is 4.32. The van der Waals surface area contributed by atoms with Gasteiger partial charge in [0.2, 0.25) is 10.0 Å². The van der Waals surface area contributed by atoms with Crippen LogP contribution in [0.5, 0.6) is 0 Å². The van der Waals surface area contributed by atoms with E-state index in [4.69, 9.17) is 4.74 Å². The number of nitrogens with zero attached hydrogens (tertiary/aromatic N) is 2. The second-order valence-corrected chi connectivity index (χ2v) is 9.13. The Kier molecular flexibility index (Phi) is 6.20. The average molecular weight is 388 g/mol. The van der Waals surface area contributed by atoms with Crippen LogP contribution in [0.1, 0.15) is 19.3 Å². The molecule has 1 fully saturated rings. The normalized spacial score (nSPS) is 26.8. The first-order valence-corrected chi connectivity index (χ1v) is 9.69. The summed E-state index contributed by atoms with van der Waals surface area (Å²) in [6, 6.07) is 7.76. The summed E-state index contributed by atoms with van der Waals surface area (Å²) in [7, 11) is -1.83. The molecular formula is C15H22N3O5S2+. The van der Waals surface area contributed by atoms with Gasteiger partial charge >= 0.3 is 5.97 Å². The molecule has 0 amide bonds. The van der Waals surface area contributed by atoms with E-state index in [0.29, 0.717) is 29.8 Å². The molecule has 1 heterocycles. The molecule has 0 radical (unpaired) electrons. The molecule has 8 nitrogen and oxygen atoms in total. The summed E-state index contributed by atoms with van der Waals surface area (Å²) < 4.78 is 31.6. The van der Waals surface area contributed by atoms with Gasteiger partial charge in [-0.3, -0.25) is 8.68 Å². The van der Waals surface area contributed by atoms with E-state index < -0.39 is 28.3 Å². The minimum Gasteiger partial charge on any atom is -0.449 e. The molecule has 1 aromatic rings. The number of carbonyl (C=O) groups excluding carboxylic acids is 1. The van der Waals surface area contributed by atoms with Gasteiger partial charge in [0.15, 0.2) is 6.73 Å². The Morgan fingerprint density at radius 3 is 2.48 bits per heavy atom. The van der Waals surface area contributed by atoms with Crippen LogP contribution in [0.15, 0.2) is 40.4 Å². The number of thiol groups is 1. The molecule has 0 atom stereocenters. The maximum absolute atomic E-state index is 12.0. The Labute approximate surface area is 152 Å². The van der Waals surface area contributed by atoms with Gasteiger partial charge in [0.05, 0.1) is 44.3 Å². The van der Waals surface area contributed by atoms with Crippen molar-refractivity contribution in [3.8, 4) is 0 Å². The van der Waals surface area contributed by atoms with Crippen LogP contribution in [-0.2, 0) is 19.6 Å². The molecule has 1 N–H and O–H groups in total. The smallest absolute Gasteiger partial charge is 0.309 e. The van der Waals surface area contributed by atoms with Crippen molar-refractivity contribution < 1.29 is 21.8 Å². The Bertz CT molecular complexity index is 712. The molecule has 25 heavy (non-hydrogen) atoms. The highest BCUT2D eigenvalue weighted by Gasteiger charge is 2.43. The number of likely N-dealkylation sites (tertiary alicyclic amines) is 1. The van der Waals surface area contributed by atoms with Gasteiger partial charge in [-0.15, -0.1) is 0 Å². The summed E-state index contributed by atoms with van der Waals surface area (Å²) in [5, 5.41) is 3.16. The minimum absolute atomic E-state index is 0.0789. The molecule has 0 aliphatic carbocycles. The summed E-state index contributed by atoms with van der Waals surface area (Å²) in [4.78, 5) is 23.3. The van der Waals surface area contributed by atoms with Gasteiger partial charge in [0, 0.05) is 12.8 Å². The summed E-state index contributed by atoms with van der Waals surface area (Å²) >= 11 is 4.45. The maximum Gasteiger partial charge on any atom is 0.309 e. The second-order valence-electron chi connectivity index (χ2n) is 6.40. The fourth-order valence-electron chi connectivity index (χ4n) is 2.63. The predicted octanol–water partition coefficient (Wildman–Crippen LogP) is 1.45. The minimum atomic E-state index is -3.75. The van der Waals surface area contributed by atoms with E-state index in [1.54, 1.807) is 18.2 Å². The Morgan fingerprint density at radius 1 is 1.32 bits per heavy atom. The molecule has 138 valence electrons. The molecule has 0 aromatic heterocycles.